The average Bonchev–Trinajstić information content (AvgIpc) is 2.67. The van der Waals surface area contributed by atoms with Crippen molar-refractivity contribution in [2.24, 2.45) is 5.73 Å². The Morgan fingerprint density at radius 3 is 2.19 bits per heavy atom. The van der Waals surface area contributed by atoms with Gasteiger partial charge in [-0.15, -0.1) is 11.8 Å². The largest absolute Gasteiger partial charge is 0.398 e. The standard InChI is InChI=1S/C21H17ClN2O2S/c22-14-11-9-13(10-12-14)19(25)16-7-4-8-17(18(16)23)20(21(24)26)27-15-5-2-1-3-6-15/h1-12,20H,23H2,(H2,24,26). The number of thioether (sulfide) groups is 1. The third-order valence-electron chi connectivity index (χ3n) is 4.03. The summed E-state index contributed by atoms with van der Waals surface area (Å²) >= 11 is 7.18. The highest BCUT2D eigenvalue weighted by molar-refractivity contribution is 8.00. The molecule has 0 saturated heterocycles. The van der Waals surface area contributed by atoms with Crippen LogP contribution in [0.3, 0.4) is 0 Å². The van der Waals surface area contributed by atoms with E-state index in [0.29, 0.717) is 21.7 Å². The number of carbonyl (C=O) groups excluding carboxylic acids is 2. The van der Waals surface area contributed by atoms with Gasteiger partial charge in [-0.25, -0.2) is 0 Å². The Labute approximate surface area is 166 Å². The van der Waals surface area contributed by atoms with E-state index in [0.717, 1.165) is 4.90 Å². The van der Waals surface area contributed by atoms with Crippen LogP contribution in [0.4, 0.5) is 5.69 Å². The lowest BCUT2D eigenvalue weighted by Gasteiger charge is -2.17. The monoisotopic (exact) mass is 396 g/mol. The molecule has 0 radical (unpaired) electrons. The predicted octanol–water partition coefficient (Wildman–Crippen LogP) is 4.47. The van der Waals surface area contributed by atoms with Gasteiger partial charge in [0.25, 0.3) is 0 Å². The van der Waals surface area contributed by atoms with E-state index >= 15 is 0 Å². The molecule has 6 heteroatoms. The summed E-state index contributed by atoms with van der Waals surface area (Å²) < 4.78 is 0. The lowest BCUT2D eigenvalue weighted by Crippen LogP contribution is -2.21. The molecule has 0 aromatic heterocycles. The number of hydrogen-bond donors (Lipinski definition) is 2. The molecule has 4 nitrogen and oxygen atoms in total. The molecule has 0 saturated carbocycles. The van der Waals surface area contributed by atoms with Crippen LogP contribution in [0, 0.1) is 0 Å². The number of carbonyl (C=O) groups is 2. The second kappa shape index (κ2) is 8.29. The van der Waals surface area contributed by atoms with Gasteiger partial charge in [-0.3, -0.25) is 9.59 Å². The van der Waals surface area contributed by atoms with Gasteiger partial charge in [0.05, 0.1) is 0 Å². The highest BCUT2D eigenvalue weighted by Crippen LogP contribution is 2.38. The van der Waals surface area contributed by atoms with Gasteiger partial charge in [0, 0.05) is 26.7 Å². The smallest absolute Gasteiger partial charge is 0.235 e. The van der Waals surface area contributed by atoms with E-state index in [-0.39, 0.29) is 11.5 Å². The normalized spacial score (nSPS) is 11.7. The van der Waals surface area contributed by atoms with Crippen molar-refractivity contribution < 1.29 is 9.59 Å². The summed E-state index contributed by atoms with van der Waals surface area (Å²) in [7, 11) is 0. The zero-order chi connectivity index (χ0) is 19.4. The van der Waals surface area contributed by atoms with E-state index in [4.69, 9.17) is 23.1 Å². The topological polar surface area (TPSA) is 86.2 Å². The maximum atomic E-state index is 12.8. The van der Waals surface area contributed by atoms with Gasteiger partial charge in [0.1, 0.15) is 5.25 Å². The second-order valence-electron chi connectivity index (χ2n) is 5.86. The van der Waals surface area contributed by atoms with Crippen LogP contribution in [0.15, 0.2) is 77.7 Å². The molecule has 1 atom stereocenters. The molecule has 27 heavy (non-hydrogen) atoms. The van der Waals surface area contributed by atoms with Crippen LogP contribution in [0.5, 0.6) is 0 Å². The number of amides is 1. The second-order valence-corrected chi connectivity index (χ2v) is 7.47. The summed E-state index contributed by atoms with van der Waals surface area (Å²) in [5, 5.41) is -0.160. The molecular weight excluding hydrogens is 380 g/mol. The first-order chi connectivity index (χ1) is 13.0. The number of nitrogens with two attached hydrogens (primary N) is 2. The molecule has 136 valence electrons. The number of primary amides is 1. The molecule has 4 N–H and O–H groups in total. The summed E-state index contributed by atoms with van der Waals surface area (Å²) in [5.41, 5.74) is 13.5. The van der Waals surface area contributed by atoms with Crippen molar-refractivity contribution in [2.45, 2.75) is 10.1 Å². The first-order valence-corrected chi connectivity index (χ1v) is 9.43. The third-order valence-corrected chi connectivity index (χ3v) is 5.55. The zero-order valence-corrected chi connectivity index (χ0v) is 15.8. The molecule has 3 rings (SSSR count). The van der Waals surface area contributed by atoms with Crippen molar-refractivity contribution in [1.82, 2.24) is 0 Å². The fourth-order valence-corrected chi connectivity index (χ4v) is 3.84. The van der Waals surface area contributed by atoms with E-state index in [9.17, 15) is 9.59 Å². The van der Waals surface area contributed by atoms with Gasteiger partial charge in [-0.1, -0.05) is 41.9 Å². The fraction of sp³-hybridized carbons (Fsp3) is 0.0476. The van der Waals surface area contributed by atoms with E-state index in [1.165, 1.54) is 11.8 Å². The van der Waals surface area contributed by atoms with E-state index < -0.39 is 11.2 Å². The summed E-state index contributed by atoms with van der Waals surface area (Å²) in [6.45, 7) is 0. The lowest BCUT2D eigenvalue weighted by atomic mass is 9.97. The zero-order valence-electron chi connectivity index (χ0n) is 14.3. The Hall–Kier alpha value is -2.76. The van der Waals surface area contributed by atoms with Crippen molar-refractivity contribution >= 4 is 40.7 Å². The van der Waals surface area contributed by atoms with Crippen molar-refractivity contribution in [3.8, 4) is 0 Å². The summed E-state index contributed by atoms with van der Waals surface area (Å²) in [6.07, 6.45) is 0. The summed E-state index contributed by atoms with van der Waals surface area (Å²) in [6, 6.07) is 21.1. The third kappa shape index (κ3) is 4.32. The fourth-order valence-electron chi connectivity index (χ4n) is 2.68. The molecule has 0 aliphatic rings. The minimum atomic E-state index is -0.703. The molecule has 0 spiro atoms. The van der Waals surface area contributed by atoms with Gasteiger partial charge in [0.15, 0.2) is 5.78 Å². The van der Waals surface area contributed by atoms with Gasteiger partial charge >= 0.3 is 0 Å². The molecule has 0 heterocycles. The number of benzene rings is 3. The Morgan fingerprint density at radius 1 is 0.889 bits per heavy atom. The molecule has 1 unspecified atom stereocenters. The molecule has 3 aromatic rings. The summed E-state index contributed by atoms with van der Waals surface area (Å²) in [4.78, 5) is 25.8. The number of ketones is 1. The highest BCUT2D eigenvalue weighted by atomic mass is 35.5. The Balaban J connectivity index is 1.98. The molecular formula is C21H17ClN2O2S. The van der Waals surface area contributed by atoms with Crippen LogP contribution >= 0.6 is 23.4 Å². The Morgan fingerprint density at radius 2 is 1.56 bits per heavy atom. The average molecular weight is 397 g/mol. The number of rotatable bonds is 6. The number of hydrogen-bond acceptors (Lipinski definition) is 4. The predicted molar refractivity (Wildman–Crippen MR) is 110 cm³/mol. The molecule has 1 amide bonds. The number of halogens is 1. The van der Waals surface area contributed by atoms with Crippen LogP contribution in [0.25, 0.3) is 0 Å². The number of para-hydroxylation sites is 1. The van der Waals surface area contributed by atoms with Crippen LogP contribution in [0.1, 0.15) is 26.7 Å². The van der Waals surface area contributed by atoms with Crippen LogP contribution in [-0.4, -0.2) is 11.7 Å². The van der Waals surface area contributed by atoms with E-state index in [1.807, 2.05) is 30.3 Å². The quantitative estimate of drug-likeness (QED) is 0.365. The van der Waals surface area contributed by atoms with Gasteiger partial charge < -0.3 is 11.5 Å². The SMILES string of the molecule is NC(=O)C(Sc1ccccc1)c1cccc(C(=O)c2ccc(Cl)cc2)c1N. The van der Waals surface area contributed by atoms with Crippen molar-refractivity contribution in [3.05, 3.63) is 94.5 Å². The highest BCUT2D eigenvalue weighted by Gasteiger charge is 2.24. The Kier molecular flexibility index (Phi) is 5.84. The van der Waals surface area contributed by atoms with Crippen molar-refractivity contribution in [2.75, 3.05) is 5.73 Å². The molecule has 0 bridgehead atoms. The van der Waals surface area contributed by atoms with Gasteiger partial charge in [0.2, 0.25) is 5.91 Å². The van der Waals surface area contributed by atoms with Crippen LogP contribution in [-0.2, 0) is 4.79 Å². The van der Waals surface area contributed by atoms with Crippen LogP contribution in [0.2, 0.25) is 5.02 Å². The van der Waals surface area contributed by atoms with Gasteiger partial charge in [-0.2, -0.15) is 0 Å². The minimum Gasteiger partial charge on any atom is -0.398 e. The number of anilines is 1. The molecule has 3 aromatic carbocycles. The molecule has 0 aliphatic heterocycles. The van der Waals surface area contributed by atoms with Gasteiger partial charge in [-0.05, 0) is 48.0 Å². The van der Waals surface area contributed by atoms with E-state index in [1.54, 1.807) is 42.5 Å². The Bertz CT molecular complexity index is 975. The van der Waals surface area contributed by atoms with Crippen LogP contribution < -0.4 is 11.5 Å². The number of nitrogen functional groups attached to an aromatic ring is 1. The van der Waals surface area contributed by atoms with Crippen molar-refractivity contribution in [3.63, 3.8) is 0 Å². The molecule has 0 aliphatic carbocycles. The summed E-state index contributed by atoms with van der Waals surface area (Å²) in [5.74, 6) is -0.759. The molecule has 0 fully saturated rings. The van der Waals surface area contributed by atoms with E-state index in [2.05, 4.69) is 0 Å². The first-order valence-electron chi connectivity index (χ1n) is 8.17. The van der Waals surface area contributed by atoms with Crippen molar-refractivity contribution in [1.29, 1.82) is 0 Å². The minimum absolute atomic E-state index is 0.237. The first kappa shape index (κ1) is 19.0. The lowest BCUT2D eigenvalue weighted by molar-refractivity contribution is -0.117. The maximum absolute atomic E-state index is 12.8. The maximum Gasteiger partial charge on any atom is 0.235 e.